The summed E-state index contributed by atoms with van der Waals surface area (Å²) in [6.07, 6.45) is 1.68. The van der Waals surface area contributed by atoms with Crippen LogP contribution in [0.2, 0.25) is 0 Å². The zero-order chi connectivity index (χ0) is 27.7. The van der Waals surface area contributed by atoms with Gasteiger partial charge in [0.2, 0.25) is 0 Å². The molecule has 1 heterocycles. The van der Waals surface area contributed by atoms with Gasteiger partial charge in [0.25, 0.3) is 0 Å². The van der Waals surface area contributed by atoms with Gasteiger partial charge in [-0.15, -0.1) is 0 Å². The van der Waals surface area contributed by atoms with Crippen LogP contribution in [0.4, 0.5) is 16.3 Å². The average molecular weight is 537 g/mol. The van der Waals surface area contributed by atoms with Crippen molar-refractivity contribution in [2.24, 2.45) is 0 Å². The van der Waals surface area contributed by atoms with Gasteiger partial charge in [-0.2, -0.15) is 5.10 Å². The summed E-state index contributed by atoms with van der Waals surface area (Å²) in [6, 6.07) is 29.2. The molecule has 1 unspecified atom stereocenters. The molecule has 0 aliphatic heterocycles. The number of hydrogen-bond acceptors (Lipinski definition) is 3. The molecule has 0 saturated carbocycles. The average Bonchev–Trinajstić information content (AvgIpc) is 3.33. The van der Waals surface area contributed by atoms with Crippen LogP contribution < -0.4 is 10.6 Å². The summed E-state index contributed by atoms with van der Waals surface area (Å²) in [4.78, 5) is 14.1. The second kappa shape index (κ2) is 10.5. The number of fused-ring (bicyclic) bond motifs is 1. The normalized spacial score (nSPS) is 12.3. The number of amides is 2. The summed E-state index contributed by atoms with van der Waals surface area (Å²) in [6.45, 7) is 8.33. The summed E-state index contributed by atoms with van der Waals surface area (Å²) >= 11 is 0. The Morgan fingerprint density at radius 1 is 0.846 bits per heavy atom. The van der Waals surface area contributed by atoms with Gasteiger partial charge in [-0.25, -0.2) is 9.48 Å². The molecule has 0 aliphatic rings. The van der Waals surface area contributed by atoms with E-state index in [9.17, 15) is 9.00 Å². The lowest BCUT2D eigenvalue weighted by atomic mass is 9.92. The molecule has 0 saturated heterocycles. The van der Waals surface area contributed by atoms with E-state index in [4.69, 9.17) is 5.10 Å². The minimum Gasteiger partial charge on any atom is -0.307 e. The van der Waals surface area contributed by atoms with Crippen LogP contribution in [-0.4, -0.2) is 26.3 Å². The molecule has 2 N–H and O–H groups in total. The van der Waals surface area contributed by atoms with E-state index in [0.29, 0.717) is 11.5 Å². The summed E-state index contributed by atoms with van der Waals surface area (Å²) in [5.41, 5.74) is 5.40. The summed E-state index contributed by atoms with van der Waals surface area (Å²) in [5, 5.41) is 12.8. The van der Waals surface area contributed by atoms with E-state index in [1.165, 1.54) is 0 Å². The standard InChI is InChI=1S/C32H32N4O2S/c1-21-13-15-23(16-14-21)36-30(20-29(35-36)32(2,3)4)34-31(37)33-28-18-17-25(26-11-6-7-12-27(26)28)22-9-8-10-24(19-22)39(5)38/h6-20H,1-5H3,(H2,33,34,37). The molecule has 5 rings (SSSR count). The fourth-order valence-electron chi connectivity index (χ4n) is 4.49. The van der Waals surface area contributed by atoms with Crippen molar-refractivity contribution in [2.45, 2.75) is 38.0 Å². The highest BCUT2D eigenvalue weighted by atomic mass is 32.2. The number of benzene rings is 4. The monoisotopic (exact) mass is 536 g/mol. The topological polar surface area (TPSA) is 76.0 Å². The van der Waals surface area contributed by atoms with E-state index in [1.807, 2.05) is 97.9 Å². The Labute approximate surface area is 231 Å². The minimum absolute atomic E-state index is 0.184. The molecule has 2 amide bonds. The largest absolute Gasteiger partial charge is 0.324 e. The van der Waals surface area contributed by atoms with Crippen LogP contribution >= 0.6 is 0 Å². The molecule has 0 fully saturated rings. The van der Waals surface area contributed by atoms with Crippen LogP contribution in [0.5, 0.6) is 0 Å². The van der Waals surface area contributed by atoms with Crippen molar-refractivity contribution in [3.8, 4) is 16.8 Å². The fourth-order valence-corrected chi connectivity index (χ4v) is 5.05. The molecule has 1 aromatic heterocycles. The van der Waals surface area contributed by atoms with Crippen LogP contribution in [0.25, 0.3) is 27.6 Å². The molecule has 6 nitrogen and oxygen atoms in total. The quantitative estimate of drug-likeness (QED) is 0.242. The van der Waals surface area contributed by atoms with Crippen molar-refractivity contribution in [2.75, 3.05) is 16.9 Å². The lowest BCUT2D eigenvalue weighted by Gasteiger charge is -2.14. The number of rotatable bonds is 5. The first-order valence-electron chi connectivity index (χ1n) is 12.8. The molecule has 0 bridgehead atoms. The SMILES string of the molecule is Cc1ccc(-n2nc(C(C)(C)C)cc2NC(=O)Nc2ccc(-c3cccc(S(C)=O)c3)c3ccccc23)cc1. The molecular formula is C32H32N4O2S. The second-order valence-corrected chi connectivity index (χ2v) is 12.1. The maximum atomic E-state index is 13.3. The van der Waals surface area contributed by atoms with Gasteiger partial charge in [0.15, 0.2) is 0 Å². The zero-order valence-corrected chi connectivity index (χ0v) is 23.6. The molecular weight excluding hydrogens is 504 g/mol. The number of aromatic nitrogens is 2. The number of nitrogens with zero attached hydrogens (tertiary/aromatic N) is 2. The summed E-state index contributed by atoms with van der Waals surface area (Å²) in [5.74, 6) is 0.589. The number of urea groups is 1. The van der Waals surface area contributed by atoms with Crippen molar-refractivity contribution in [3.63, 3.8) is 0 Å². The predicted molar refractivity (Wildman–Crippen MR) is 161 cm³/mol. The molecule has 39 heavy (non-hydrogen) atoms. The number of nitrogens with one attached hydrogen (secondary N) is 2. The van der Waals surface area contributed by atoms with Gasteiger partial charge in [-0.1, -0.05) is 80.9 Å². The Morgan fingerprint density at radius 2 is 1.56 bits per heavy atom. The first-order chi connectivity index (χ1) is 18.6. The highest BCUT2D eigenvalue weighted by Gasteiger charge is 2.22. The first-order valence-corrected chi connectivity index (χ1v) is 14.4. The van der Waals surface area contributed by atoms with Crippen molar-refractivity contribution in [3.05, 3.63) is 102 Å². The highest BCUT2D eigenvalue weighted by Crippen LogP contribution is 2.34. The first kappa shape index (κ1) is 26.4. The number of anilines is 2. The molecule has 1 atom stereocenters. The van der Waals surface area contributed by atoms with Crippen molar-refractivity contribution in [1.82, 2.24) is 9.78 Å². The molecule has 0 spiro atoms. The molecule has 5 aromatic rings. The van der Waals surface area contributed by atoms with Crippen molar-refractivity contribution < 1.29 is 9.00 Å². The van der Waals surface area contributed by atoms with Gasteiger partial charge in [-0.3, -0.25) is 9.53 Å². The van der Waals surface area contributed by atoms with Crippen LogP contribution in [-0.2, 0) is 16.2 Å². The van der Waals surface area contributed by atoms with Gasteiger partial charge in [-0.05, 0) is 53.8 Å². The molecule has 198 valence electrons. The van der Waals surface area contributed by atoms with E-state index in [0.717, 1.165) is 43.7 Å². The Balaban J connectivity index is 1.47. The Morgan fingerprint density at radius 3 is 2.26 bits per heavy atom. The molecule has 7 heteroatoms. The Bertz CT molecular complexity index is 1700. The summed E-state index contributed by atoms with van der Waals surface area (Å²) in [7, 11) is -1.07. The third-order valence-electron chi connectivity index (χ3n) is 6.65. The smallest absolute Gasteiger partial charge is 0.307 e. The third-order valence-corrected chi connectivity index (χ3v) is 7.56. The van der Waals surface area contributed by atoms with E-state index in [-0.39, 0.29) is 11.4 Å². The lowest BCUT2D eigenvalue weighted by molar-refractivity contribution is 0.262. The van der Waals surface area contributed by atoms with Crippen LogP contribution in [0, 0.1) is 6.92 Å². The summed E-state index contributed by atoms with van der Waals surface area (Å²) < 4.78 is 13.8. The molecule has 0 radical (unpaired) electrons. The second-order valence-electron chi connectivity index (χ2n) is 10.7. The van der Waals surface area contributed by atoms with Crippen molar-refractivity contribution in [1.29, 1.82) is 0 Å². The zero-order valence-electron chi connectivity index (χ0n) is 22.8. The number of carbonyl (C=O) groups excluding carboxylic acids is 1. The van der Waals surface area contributed by atoms with E-state index in [2.05, 4.69) is 31.4 Å². The predicted octanol–water partition coefficient (Wildman–Crippen LogP) is 7.68. The van der Waals surface area contributed by atoms with Crippen LogP contribution in [0.15, 0.2) is 95.9 Å². The van der Waals surface area contributed by atoms with Crippen molar-refractivity contribution >= 4 is 39.1 Å². The maximum absolute atomic E-state index is 13.3. The Hall–Kier alpha value is -4.23. The Kier molecular flexibility index (Phi) is 7.10. The third kappa shape index (κ3) is 5.64. The van der Waals surface area contributed by atoms with Gasteiger partial charge >= 0.3 is 6.03 Å². The van der Waals surface area contributed by atoms with E-state index in [1.54, 1.807) is 10.9 Å². The van der Waals surface area contributed by atoms with Gasteiger partial charge < -0.3 is 5.32 Å². The fraction of sp³-hybridized carbons (Fsp3) is 0.188. The van der Waals surface area contributed by atoms with Gasteiger partial charge in [0, 0.05) is 38.8 Å². The highest BCUT2D eigenvalue weighted by molar-refractivity contribution is 7.84. The van der Waals surface area contributed by atoms with E-state index < -0.39 is 10.8 Å². The number of carbonyl (C=O) groups is 1. The number of aryl methyl sites for hydroxylation is 1. The van der Waals surface area contributed by atoms with E-state index >= 15 is 0 Å². The lowest BCUT2D eigenvalue weighted by Crippen LogP contribution is -2.21. The van der Waals surface area contributed by atoms with Gasteiger partial charge in [0.05, 0.1) is 17.1 Å². The maximum Gasteiger partial charge on any atom is 0.324 e. The van der Waals surface area contributed by atoms with Crippen LogP contribution in [0.3, 0.4) is 0 Å². The number of hydrogen-bond donors (Lipinski definition) is 2. The molecule has 0 aliphatic carbocycles. The van der Waals surface area contributed by atoms with Crippen LogP contribution in [0.1, 0.15) is 32.0 Å². The van der Waals surface area contributed by atoms with Gasteiger partial charge in [0.1, 0.15) is 5.82 Å². The minimum atomic E-state index is -1.07. The molecule has 4 aromatic carbocycles.